The zero-order valence-corrected chi connectivity index (χ0v) is 17.1. The molecule has 0 aliphatic heterocycles. The molecule has 152 valence electrons. The van der Waals surface area contributed by atoms with Crippen LogP contribution in [0.4, 0.5) is 0 Å². The Labute approximate surface area is 161 Å². The van der Waals surface area contributed by atoms with Gasteiger partial charge >= 0.3 is 5.69 Å². The van der Waals surface area contributed by atoms with Gasteiger partial charge in [0, 0.05) is 37.7 Å². The number of unbranched alkanes of at least 4 members (excludes halogenated alkanes) is 6. The average Bonchev–Trinajstić information content (AvgIpc) is 2.58. The van der Waals surface area contributed by atoms with Crippen molar-refractivity contribution in [3.8, 4) is 0 Å². The molecule has 1 aromatic heterocycles. The Morgan fingerprint density at radius 3 is 1.67 bits per heavy atom. The lowest BCUT2D eigenvalue weighted by molar-refractivity contribution is -0.117. The summed E-state index contributed by atoms with van der Waals surface area (Å²) < 4.78 is 3.01. The average molecular weight is 379 g/mol. The molecule has 0 saturated carbocycles. The maximum absolute atomic E-state index is 12.7. The highest BCUT2D eigenvalue weighted by Crippen LogP contribution is 2.06. The van der Waals surface area contributed by atoms with Gasteiger partial charge in [0.25, 0.3) is 5.56 Å². The van der Waals surface area contributed by atoms with Crippen LogP contribution in [0.1, 0.15) is 83.7 Å². The molecule has 0 spiro atoms. The summed E-state index contributed by atoms with van der Waals surface area (Å²) in [6, 6.07) is 1.53. The lowest BCUT2D eigenvalue weighted by Crippen LogP contribution is -2.40. The molecule has 6 heteroatoms. The summed E-state index contributed by atoms with van der Waals surface area (Å²) >= 11 is 0. The maximum atomic E-state index is 12.7. The van der Waals surface area contributed by atoms with E-state index in [4.69, 9.17) is 0 Å². The highest BCUT2D eigenvalue weighted by molar-refractivity contribution is 5.75. The van der Waals surface area contributed by atoms with Gasteiger partial charge in [0.15, 0.2) is 0 Å². The number of carbonyl (C=O) groups excluding carboxylic acids is 2. The Morgan fingerprint density at radius 1 is 0.741 bits per heavy atom. The third kappa shape index (κ3) is 8.98. The van der Waals surface area contributed by atoms with Gasteiger partial charge in [0.1, 0.15) is 11.6 Å². The fraction of sp³-hybridized carbons (Fsp3) is 0.714. The lowest BCUT2D eigenvalue weighted by Gasteiger charge is -2.13. The molecule has 0 unspecified atom stereocenters. The van der Waals surface area contributed by atoms with Gasteiger partial charge in [-0.05, 0) is 46.5 Å². The number of aromatic nitrogens is 2. The van der Waals surface area contributed by atoms with Gasteiger partial charge in [-0.15, -0.1) is 0 Å². The number of hydrogen-bond acceptors (Lipinski definition) is 4. The predicted molar refractivity (Wildman–Crippen MR) is 107 cm³/mol. The predicted octanol–water partition coefficient (Wildman–Crippen LogP) is 3.40. The Hall–Kier alpha value is -1.98. The van der Waals surface area contributed by atoms with Crippen molar-refractivity contribution in [1.29, 1.82) is 0 Å². The number of aryl methyl sites for hydroxylation is 1. The van der Waals surface area contributed by atoms with E-state index >= 15 is 0 Å². The van der Waals surface area contributed by atoms with Gasteiger partial charge in [-0.3, -0.25) is 13.9 Å². The molecule has 0 radical (unpaired) electrons. The summed E-state index contributed by atoms with van der Waals surface area (Å²) in [4.78, 5) is 46.7. The first kappa shape index (κ1) is 23.1. The van der Waals surface area contributed by atoms with E-state index in [0.717, 1.165) is 51.4 Å². The molecule has 0 aliphatic rings. The van der Waals surface area contributed by atoms with Crippen molar-refractivity contribution in [3.63, 3.8) is 0 Å². The van der Waals surface area contributed by atoms with Gasteiger partial charge in [-0.1, -0.05) is 25.7 Å². The first-order valence-electron chi connectivity index (χ1n) is 10.1. The normalized spacial score (nSPS) is 10.9. The van der Waals surface area contributed by atoms with E-state index in [1.165, 1.54) is 10.6 Å². The quantitative estimate of drug-likeness (QED) is 0.465. The monoisotopic (exact) mass is 378 g/mol. The molecular formula is C21H34N2O4. The molecular weight excluding hydrogens is 344 g/mol. The van der Waals surface area contributed by atoms with Gasteiger partial charge < -0.3 is 9.59 Å². The summed E-state index contributed by atoms with van der Waals surface area (Å²) in [7, 11) is 0. The minimum Gasteiger partial charge on any atom is -0.300 e. The fourth-order valence-corrected chi connectivity index (χ4v) is 3.20. The molecule has 1 aromatic rings. The van der Waals surface area contributed by atoms with E-state index in [9.17, 15) is 19.2 Å². The summed E-state index contributed by atoms with van der Waals surface area (Å²) in [6.07, 6.45) is 8.40. The molecule has 0 saturated heterocycles. The second kappa shape index (κ2) is 12.4. The zero-order chi connectivity index (χ0) is 20.2. The highest BCUT2D eigenvalue weighted by Gasteiger charge is 2.08. The molecule has 27 heavy (non-hydrogen) atoms. The van der Waals surface area contributed by atoms with Crippen LogP contribution in [-0.2, 0) is 22.7 Å². The van der Waals surface area contributed by atoms with Crippen LogP contribution in [0.2, 0.25) is 0 Å². The first-order chi connectivity index (χ1) is 12.8. The fourth-order valence-electron chi connectivity index (χ4n) is 3.20. The van der Waals surface area contributed by atoms with Gasteiger partial charge in [-0.2, -0.15) is 0 Å². The number of nitrogens with zero attached hydrogens (tertiary/aromatic N) is 2. The second-order valence-corrected chi connectivity index (χ2v) is 7.44. The molecule has 0 fully saturated rings. The third-order valence-corrected chi connectivity index (χ3v) is 4.81. The molecule has 6 nitrogen and oxygen atoms in total. The standard InChI is InChI=1S/C21H34N2O4/c1-17-16-20(26)23(15-11-7-5-9-13-19(3)25)21(27)22(17)14-10-6-4-8-12-18(2)24/h16H,4-15H2,1-3H3. The van der Waals surface area contributed by atoms with Crippen molar-refractivity contribution in [3.05, 3.63) is 32.6 Å². The van der Waals surface area contributed by atoms with E-state index in [0.29, 0.717) is 31.6 Å². The van der Waals surface area contributed by atoms with Gasteiger partial charge in [-0.25, -0.2) is 4.79 Å². The Balaban J connectivity index is 2.53. The van der Waals surface area contributed by atoms with Crippen molar-refractivity contribution in [2.75, 3.05) is 0 Å². The van der Waals surface area contributed by atoms with Gasteiger partial charge in [0.2, 0.25) is 0 Å². The number of Topliss-reactive ketones (excluding diaryl/α,β-unsaturated/α-hetero) is 2. The van der Waals surface area contributed by atoms with E-state index in [2.05, 4.69) is 0 Å². The lowest BCUT2D eigenvalue weighted by atomic mass is 10.1. The Kier molecular flexibility index (Phi) is 10.6. The zero-order valence-electron chi connectivity index (χ0n) is 17.1. The largest absolute Gasteiger partial charge is 0.331 e. The van der Waals surface area contributed by atoms with Crippen molar-refractivity contribution in [2.45, 2.75) is 98.1 Å². The Bertz CT molecular complexity index is 731. The molecule has 0 amide bonds. The smallest absolute Gasteiger partial charge is 0.300 e. The summed E-state index contributed by atoms with van der Waals surface area (Å²) in [5.41, 5.74) is 0.234. The van der Waals surface area contributed by atoms with Crippen LogP contribution < -0.4 is 11.2 Å². The number of rotatable bonds is 14. The molecule has 0 N–H and O–H groups in total. The van der Waals surface area contributed by atoms with Crippen LogP contribution >= 0.6 is 0 Å². The molecule has 0 bridgehead atoms. The van der Waals surface area contributed by atoms with E-state index in [1.807, 2.05) is 0 Å². The molecule has 0 aromatic carbocycles. The van der Waals surface area contributed by atoms with Crippen molar-refractivity contribution >= 4 is 11.6 Å². The molecule has 1 rings (SSSR count). The first-order valence-corrected chi connectivity index (χ1v) is 10.1. The van der Waals surface area contributed by atoms with E-state index in [-0.39, 0.29) is 22.8 Å². The third-order valence-electron chi connectivity index (χ3n) is 4.81. The van der Waals surface area contributed by atoms with Crippen LogP contribution in [0.3, 0.4) is 0 Å². The minimum atomic E-state index is -0.237. The van der Waals surface area contributed by atoms with Crippen LogP contribution in [-0.4, -0.2) is 20.7 Å². The number of carbonyl (C=O) groups is 2. The van der Waals surface area contributed by atoms with Gasteiger partial charge in [0.05, 0.1) is 0 Å². The van der Waals surface area contributed by atoms with Crippen LogP contribution in [0.5, 0.6) is 0 Å². The number of hydrogen-bond donors (Lipinski definition) is 0. The second-order valence-electron chi connectivity index (χ2n) is 7.44. The van der Waals surface area contributed by atoms with Crippen molar-refractivity contribution in [2.24, 2.45) is 0 Å². The molecule has 0 aliphatic carbocycles. The van der Waals surface area contributed by atoms with E-state index in [1.54, 1.807) is 25.3 Å². The summed E-state index contributed by atoms with van der Waals surface area (Å²) in [5, 5.41) is 0. The number of ketones is 2. The summed E-state index contributed by atoms with van der Waals surface area (Å²) in [5.74, 6) is 0.421. The molecule has 1 heterocycles. The van der Waals surface area contributed by atoms with Crippen LogP contribution in [0.25, 0.3) is 0 Å². The van der Waals surface area contributed by atoms with Crippen molar-refractivity contribution < 1.29 is 9.59 Å². The molecule has 0 atom stereocenters. The SMILES string of the molecule is CC(=O)CCCCCCn1c(C)cc(=O)n(CCCCCCC(C)=O)c1=O. The van der Waals surface area contributed by atoms with E-state index < -0.39 is 0 Å². The summed E-state index contributed by atoms with van der Waals surface area (Å²) in [6.45, 7) is 6.03. The van der Waals surface area contributed by atoms with Crippen LogP contribution in [0, 0.1) is 6.92 Å². The Morgan fingerprint density at radius 2 is 1.19 bits per heavy atom. The maximum Gasteiger partial charge on any atom is 0.331 e. The minimum absolute atomic E-state index is 0.203. The van der Waals surface area contributed by atoms with Crippen LogP contribution in [0.15, 0.2) is 15.7 Å². The van der Waals surface area contributed by atoms with Crippen molar-refractivity contribution in [1.82, 2.24) is 9.13 Å². The highest BCUT2D eigenvalue weighted by atomic mass is 16.2. The topological polar surface area (TPSA) is 78.1 Å².